The zero-order valence-corrected chi connectivity index (χ0v) is 8.02. The lowest BCUT2D eigenvalue weighted by atomic mass is 9.92. The van der Waals surface area contributed by atoms with Crippen molar-refractivity contribution >= 4 is 5.78 Å². The predicted molar refractivity (Wildman–Crippen MR) is 49.5 cm³/mol. The number of aromatic nitrogens is 4. The number of nitrogens with zero attached hydrogens (tertiary/aromatic N) is 4. The van der Waals surface area contributed by atoms with E-state index in [1.165, 1.54) is 0 Å². The van der Waals surface area contributed by atoms with Crippen molar-refractivity contribution in [2.75, 3.05) is 0 Å². The molecule has 0 bridgehead atoms. The van der Waals surface area contributed by atoms with Crippen LogP contribution in [0.1, 0.15) is 26.5 Å². The average molecular weight is 176 g/mol. The SMILES string of the molecule is CC(C)(C)c1ccn2cnnc2n1. The van der Waals surface area contributed by atoms with Crippen LogP contribution in [0.4, 0.5) is 0 Å². The van der Waals surface area contributed by atoms with Crippen molar-refractivity contribution in [3.8, 4) is 0 Å². The van der Waals surface area contributed by atoms with Crippen LogP contribution in [0.15, 0.2) is 18.6 Å². The molecule has 68 valence electrons. The molecule has 0 atom stereocenters. The summed E-state index contributed by atoms with van der Waals surface area (Å²) in [5.41, 5.74) is 1.10. The molecule has 4 nitrogen and oxygen atoms in total. The van der Waals surface area contributed by atoms with Gasteiger partial charge in [-0.15, -0.1) is 10.2 Å². The van der Waals surface area contributed by atoms with Crippen molar-refractivity contribution in [2.24, 2.45) is 0 Å². The molecular weight excluding hydrogens is 164 g/mol. The van der Waals surface area contributed by atoms with Crippen LogP contribution in [0.3, 0.4) is 0 Å². The van der Waals surface area contributed by atoms with Gasteiger partial charge in [0.05, 0.1) is 5.69 Å². The van der Waals surface area contributed by atoms with Gasteiger partial charge in [0.15, 0.2) is 0 Å². The molecule has 4 heteroatoms. The Morgan fingerprint density at radius 2 is 2.08 bits per heavy atom. The van der Waals surface area contributed by atoms with E-state index in [9.17, 15) is 0 Å². The number of hydrogen-bond acceptors (Lipinski definition) is 3. The summed E-state index contributed by atoms with van der Waals surface area (Å²) in [4.78, 5) is 4.40. The van der Waals surface area contributed by atoms with Gasteiger partial charge in [-0.25, -0.2) is 4.98 Å². The van der Waals surface area contributed by atoms with Gasteiger partial charge in [-0.1, -0.05) is 20.8 Å². The van der Waals surface area contributed by atoms with Gasteiger partial charge in [0, 0.05) is 11.6 Å². The first-order valence-electron chi connectivity index (χ1n) is 4.24. The highest BCUT2D eigenvalue weighted by molar-refractivity contribution is 5.28. The van der Waals surface area contributed by atoms with Gasteiger partial charge in [0.25, 0.3) is 5.78 Å². The zero-order chi connectivity index (χ0) is 9.47. The van der Waals surface area contributed by atoms with Gasteiger partial charge in [-0.2, -0.15) is 0 Å². The van der Waals surface area contributed by atoms with Crippen molar-refractivity contribution in [1.29, 1.82) is 0 Å². The Morgan fingerprint density at radius 1 is 1.31 bits per heavy atom. The topological polar surface area (TPSA) is 43.1 Å². The largest absolute Gasteiger partial charge is 0.273 e. The minimum absolute atomic E-state index is 0.0632. The molecule has 2 aromatic rings. The van der Waals surface area contributed by atoms with Crippen LogP contribution in [0.2, 0.25) is 0 Å². The van der Waals surface area contributed by atoms with E-state index in [2.05, 4.69) is 36.0 Å². The second-order valence-electron chi connectivity index (χ2n) is 4.10. The molecule has 2 heterocycles. The molecule has 0 aliphatic rings. The number of rotatable bonds is 0. The smallest absolute Gasteiger partial charge is 0.255 e. The van der Waals surface area contributed by atoms with Crippen molar-refractivity contribution in [1.82, 2.24) is 19.6 Å². The molecule has 2 rings (SSSR count). The fourth-order valence-electron chi connectivity index (χ4n) is 1.14. The van der Waals surface area contributed by atoms with E-state index in [4.69, 9.17) is 0 Å². The highest BCUT2D eigenvalue weighted by Gasteiger charge is 2.15. The zero-order valence-electron chi connectivity index (χ0n) is 8.02. The van der Waals surface area contributed by atoms with Gasteiger partial charge >= 0.3 is 0 Å². The Kier molecular flexibility index (Phi) is 1.58. The summed E-state index contributed by atoms with van der Waals surface area (Å²) < 4.78 is 1.80. The fourth-order valence-corrected chi connectivity index (χ4v) is 1.14. The van der Waals surface area contributed by atoms with Crippen LogP contribution in [0.25, 0.3) is 5.78 Å². The first kappa shape index (κ1) is 8.16. The summed E-state index contributed by atoms with van der Waals surface area (Å²) in [7, 11) is 0. The van der Waals surface area contributed by atoms with E-state index in [1.807, 2.05) is 12.3 Å². The van der Waals surface area contributed by atoms with Crippen molar-refractivity contribution in [3.05, 3.63) is 24.3 Å². The summed E-state index contributed by atoms with van der Waals surface area (Å²) in [6.45, 7) is 6.38. The highest BCUT2D eigenvalue weighted by atomic mass is 15.3. The first-order valence-corrected chi connectivity index (χ1v) is 4.24. The van der Waals surface area contributed by atoms with Gasteiger partial charge in [0.2, 0.25) is 0 Å². The lowest BCUT2D eigenvalue weighted by Gasteiger charge is -2.16. The third-order valence-electron chi connectivity index (χ3n) is 1.94. The van der Waals surface area contributed by atoms with E-state index < -0.39 is 0 Å². The van der Waals surface area contributed by atoms with Gasteiger partial charge in [-0.05, 0) is 6.07 Å². The Bertz CT molecular complexity index is 424. The second kappa shape index (κ2) is 2.52. The molecule has 0 amide bonds. The summed E-state index contributed by atoms with van der Waals surface area (Å²) in [6.07, 6.45) is 3.58. The molecule has 0 spiro atoms. The Labute approximate surface area is 76.6 Å². The molecular formula is C9H12N4. The average Bonchev–Trinajstić information content (AvgIpc) is 2.47. The van der Waals surface area contributed by atoms with Crippen LogP contribution >= 0.6 is 0 Å². The molecule has 0 radical (unpaired) electrons. The lowest BCUT2D eigenvalue weighted by Crippen LogP contribution is -2.13. The quantitative estimate of drug-likeness (QED) is 0.609. The van der Waals surface area contributed by atoms with Crippen molar-refractivity contribution in [2.45, 2.75) is 26.2 Å². The highest BCUT2D eigenvalue weighted by Crippen LogP contribution is 2.19. The molecule has 0 unspecified atom stereocenters. The maximum atomic E-state index is 4.40. The van der Waals surface area contributed by atoms with E-state index in [-0.39, 0.29) is 5.41 Å². The van der Waals surface area contributed by atoms with Crippen LogP contribution < -0.4 is 0 Å². The minimum Gasteiger partial charge on any atom is -0.273 e. The van der Waals surface area contributed by atoms with Gasteiger partial charge in [0.1, 0.15) is 6.33 Å². The van der Waals surface area contributed by atoms with Crippen LogP contribution in [-0.4, -0.2) is 19.6 Å². The van der Waals surface area contributed by atoms with E-state index >= 15 is 0 Å². The normalized spacial score (nSPS) is 12.2. The fraction of sp³-hybridized carbons (Fsp3) is 0.444. The maximum Gasteiger partial charge on any atom is 0.255 e. The molecule has 0 fully saturated rings. The number of fused-ring (bicyclic) bond motifs is 1. The summed E-state index contributed by atoms with van der Waals surface area (Å²) in [5, 5.41) is 7.67. The molecule has 0 saturated carbocycles. The van der Waals surface area contributed by atoms with Crippen LogP contribution in [-0.2, 0) is 5.41 Å². The van der Waals surface area contributed by atoms with Crippen LogP contribution in [0.5, 0.6) is 0 Å². The van der Waals surface area contributed by atoms with Gasteiger partial charge < -0.3 is 0 Å². The maximum absolute atomic E-state index is 4.40. The number of hydrogen-bond donors (Lipinski definition) is 0. The molecule has 0 aromatic carbocycles. The van der Waals surface area contributed by atoms with Crippen LogP contribution in [0, 0.1) is 0 Å². The minimum atomic E-state index is 0.0632. The van der Waals surface area contributed by atoms with E-state index in [0.29, 0.717) is 5.78 Å². The first-order chi connectivity index (χ1) is 6.07. The Morgan fingerprint density at radius 3 is 2.77 bits per heavy atom. The third-order valence-corrected chi connectivity index (χ3v) is 1.94. The Hall–Kier alpha value is -1.45. The predicted octanol–water partition coefficient (Wildman–Crippen LogP) is 1.42. The summed E-state index contributed by atoms with van der Waals surface area (Å²) >= 11 is 0. The summed E-state index contributed by atoms with van der Waals surface area (Å²) in [5.74, 6) is 0.660. The van der Waals surface area contributed by atoms with E-state index in [0.717, 1.165) is 5.69 Å². The lowest BCUT2D eigenvalue weighted by molar-refractivity contribution is 0.568. The molecule has 0 N–H and O–H groups in total. The van der Waals surface area contributed by atoms with Crippen molar-refractivity contribution in [3.63, 3.8) is 0 Å². The monoisotopic (exact) mass is 176 g/mol. The standard InChI is InChI=1S/C9H12N4/c1-9(2,3)7-4-5-13-6-10-12-8(13)11-7/h4-6H,1-3H3. The van der Waals surface area contributed by atoms with Gasteiger partial charge in [-0.3, -0.25) is 4.40 Å². The summed E-state index contributed by atoms with van der Waals surface area (Å²) in [6, 6.07) is 2.00. The third kappa shape index (κ3) is 1.39. The molecule has 0 saturated heterocycles. The van der Waals surface area contributed by atoms with E-state index in [1.54, 1.807) is 10.7 Å². The Balaban J connectivity index is 2.61. The second-order valence-corrected chi connectivity index (χ2v) is 4.10. The molecule has 13 heavy (non-hydrogen) atoms. The molecule has 0 aliphatic carbocycles. The van der Waals surface area contributed by atoms with Crippen molar-refractivity contribution < 1.29 is 0 Å². The molecule has 0 aliphatic heterocycles. The molecule has 2 aromatic heterocycles.